The van der Waals surface area contributed by atoms with Gasteiger partial charge >= 0.3 is 0 Å². The highest BCUT2D eigenvalue weighted by Gasteiger charge is 2.00. The second-order valence-corrected chi connectivity index (χ2v) is 3.93. The maximum atomic E-state index is 5.66. The molecule has 1 aromatic carbocycles. The van der Waals surface area contributed by atoms with E-state index in [0.717, 1.165) is 41.9 Å². The Balaban J connectivity index is 2.22. The molecule has 0 spiro atoms. The summed E-state index contributed by atoms with van der Waals surface area (Å²) in [6.07, 6.45) is 3.94. The number of ether oxygens (including phenoxy) is 2. The van der Waals surface area contributed by atoms with E-state index < -0.39 is 0 Å². The van der Waals surface area contributed by atoms with Crippen molar-refractivity contribution in [3.63, 3.8) is 0 Å². The Kier molecular flexibility index (Phi) is 3.81. The summed E-state index contributed by atoms with van der Waals surface area (Å²) in [4.78, 5) is 4.31. The molecule has 17 heavy (non-hydrogen) atoms. The molecular weight excluding hydrogens is 214 g/mol. The summed E-state index contributed by atoms with van der Waals surface area (Å²) in [5.41, 5.74) is 0.952. The SMILES string of the molecule is CCCCOc1ccc2ncc(OC)cc2c1. The van der Waals surface area contributed by atoms with Gasteiger partial charge in [0.1, 0.15) is 11.5 Å². The van der Waals surface area contributed by atoms with E-state index in [2.05, 4.69) is 11.9 Å². The Labute approximate surface area is 101 Å². The summed E-state index contributed by atoms with van der Waals surface area (Å²) in [6, 6.07) is 7.89. The van der Waals surface area contributed by atoms with Crippen molar-refractivity contribution in [1.29, 1.82) is 0 Å². The number of rotatable bonds is 5. The lowest BCUT2D eigenvalue weighted by Gasteiger charge is -2.07. The zero-order valence-electron chi connectivity index (χ0n) is 10.3. The molecule has 3 nitrogen and oxygen atoms in total. The molecule has 0 N–H and O–H groups in total. The first-order valence-corrected chi connectivity index (χ1v) is 5.90. The highest BCUT2D eigenvalue weighted by Crippen LogP contribution is 2.23. The van der Waals surface area contributed by atoms with E-state index in [1.54, 1.807) is 13.3 Å². The Morgan fingerprint density at radius 2 is 2.00 bits per heavy atom. The van der Waals surface area contributed by atoms with Crippen molar-refractivity contribution in [2.45, 2.75) is 19.8 Å². The topological polar surface area (TPSA) is 31.4 Å². The normalized spacial score (nSPS) is 10.5. The Hall–Kier alpha value is -1.77. The van der Waals surface area contributed by atoms with Gasteiger partial charge in [0.05, 0.1) is 25.4 Å². The molecule has 0 atom stereocenters. The molecule has 2 aromatic rings. The number of methoxy groups -OCH3 is 1. The van der Waals surface area contributed by atoms with Crippen LogP contribution in [0.15, 0.2) is 30.5 Å². The van der Waals surface area contributed by atoms with Gasteiger partial charge in [0.15, 0.2) is 0 Å². The van der Waals surface area contributed by atoms with Crippen molar-refractivity contribution in [1.82, 2.24) is 4.98 Å². The highest BCUT2D eigenvalue weighted by molar-refractivity contribution is 5.81. The van der Waals surface area contributed by atoms with Crippen molar-refractivity contribution in [3.05, 3.63) is 30.5 Å². The third kappa shape index (κ3) is 2.87. The van der Waals surface area contributed by atoms with Crippen LogP contribution in [0.5, 0.6) is 11.5 Å². The van der Waals surface area contributed by atoms with E-state index in [1.165, 1.54) is 0 Å². The zero-order valence-corrected chi connectivity index (χ0v) is 10.3. The van der Waals surface area contributed by atoms with Gasteiger partial charge in [-0.15, -0.1) is 0 Å². The third-order valence-electron chi connectivity index (χ3n) is 2.63. The molecular formula is C14H17NO2. The van der Waals surface area contributed by atoms with Gasteiger partial charge in [0.25, 0.3) is 0 Å². The minimum Gasteiger partial charge on any atom is -0.495 e. The van der Waals surface area contributed by atoms with E-state index in [4.69, 9.17) is 9.47 Å². The Bertz CT molecular complexity index is 497. The van der Waals surface area contributed by atoms with Crippen LogP contribution in [0.2, 0.25) is 0 Å². The highest BCUT2D eigenvalue weighted by atomic mass is 16.5. The first-order chi connectivity index (χ1) is 8.33. The summed E-state index contributed by atoms with van der Waals surface area (Å²) in [5, 5.41) is 1.04. The van der Waals surface area contributed by atoms with Gasteiger partial charge in [-0.1, -0.05) is 13.3 Å². The molecule has 0 unspecified atom stereocenters. The monoisotopic (exact) mass is 231 g/mol. The van der Waals surface area contributed by atoms with Crippen molar-refractivity contribution in [2.24, 2.45) is 0 Å². The van der Waals surface area contributed by atoms with Crippen molar-refractivity contribution in [2.75, 3.05) is 13.7 Å². The minimum atomic E-state index is 0.763. The van der Waals surface area contributed by atoms with Crippen LogP contribution in [0.3, 0.4) is 0 Å². The van der Waals surface area contributed by atoms with Gasteiger partial charge in [0, 0.05) is 5.39 Å². The van der Waals surface area contributed by atoms with Crippen LogP contribution in [0, 0.1) is 0 Å². The summed E-state index contributed by atoms with van der Waals surface area (Å²) >= 11 is 0. The molecule has 0 saturated heterocycles. The van der Waals surface area contributed by atoms with Crippen LogP contribution < -0.4 is 9.47 Å². The summed E-state index contributed by atoms with van der Waals surface area (Å²) in [5.74, 6) is 1.66. The summed E-state index contributed by atoms with van der Waals surface area (Å²) < 4.78 is 10.8. The van der Waals surface area contributed by atoms with E-state index in [1.807, 2.05) is 24.3 Å². The van der Waals surface area contributed by atoms with Crippen molar-refractivity contribution < 1.29 is 9.47 Å². The number of nitrogens with zero attached hydrogens (tertiary/aromatic N) is 1. The Morgan fingerprint density at radius 3 is 2.76 bits per heavy atom. The molecule has 0 amide bonds. The number of hydrogen-bond acceptors (Lipinski definition) is 3. The first-order valence-electron chi connectivity index (χ1n) is 5.90. The molecule has 0 saturated carbocycles. The zero-order chi connectivity index (χ0) is 12.1. The summed E-state index contributed by atoms with van der Waals surface area (Å²) in [7, 11) is 1.64. The van der Waals surface area contributed by atoms with E-state index in [9.17, 15) is 0 Å². The van der Waals surface area contributed by atoms with Crippen molar-refractivity contribution in [3.8, 4) is 11.5 Å². The number of hydrogen-bond donors (Lipinski definition) is 0. The van der Waals surface area contributed by atoms with Crippen LogP contribution in [-0.2, 0) is 0 Å². The van der Waals surface area contributed by atoms with E-state index >= 15 is 0 Å². The maximum Gasteiger partial charge on any atom is 0.137 e. The lowest BCUT2D eigenvalue weighted by Crippen LogP contribution is -1.96. The average molecular weight is 231 g/mol. The summed E-state index contributed by atoms with van der Waals surface area (Å²) in [6.45, 7) is 2.91. The molecule has 0 aliphatic carbocycles. The molecule has 0 aliphatic rings. The van der Waals surface area contributed by atoms with Gasteiger partial charge in [-0.25, -0.2) is 0 Å². The second kappa shape index (κ2) is 5.53. The van der Waals surface area contributed by atoms with Crippen LogP contribution in [0.4, 0.5) is 0 Å². The fourth-order valence-corrected chi connectivity index (χ4v) is 1.63. The molecule has 0 radical (unpaired) electrons. The largest absolute Gasteiger partial charge is 0.495 e. The molecule has 2 rings (SSSR count). The van der Waals surface area contributed by atoms with Crippen LogP contribution in [0.1, 0.15) is 19.8 Å². The number of fused-ring (bicyclic) bond motifs is 1. The first kappa shape index (κ1) is 11.7. The van der Waals surface area contributed by atoms with Crippen molar-refractivity contribution >= 4 is 10.9 Å². The molecule has 3 heteroatoms. The quantitative estimate of drug-likeness (QED) is 0.739. The number of unbranched alkanes of at least 4 members (excludes halogenated alkanes) is 1. The van der Waals surface area contributed by atoms with Gasteiger partial charge < -0.3 is 9.47 Å². The van der Waals surface area contributed by atoms with Crippen LogP contribution >= 0.6 is 0 Å². The fraction of sp³-hybridized carbons (Fsp3) is 0.357. The molecule has 0 bridgehead atoms. The predicted molar refractivity (Wildman–Crippen MR) is 68.7 cm³/mol. The maximum absolute atomic E-state index is 5.66. The predicted octanol–water partition coefficient (Wildman–Crippen LogP) is 3.42. The third-order valence-corrected chi connectivity index (χ3v) is 2.63. The standard InChI is InChI=1S/C14H17NO2/c1-3-4-7-17-12-5-6-14-11(8-12)9-13(16-2)10-15-14/h5-6,8-10H,3-4,7H2,1-2H3. The second-order valence-electron chi connectivity index (χ2n) is 3.93. The number of pyridine rings is 1. The van der Waals surface area contributed by atoms with E-state index in [0.29, 0.717) is 0 Å². The minimum absolute atomic E-state index is 0.763. The van der Waals surface area contributed by atoms with Gasteiger partial charge in [-0.2, -0.15) is 0 Å². The van der Waals surface area contributed by atoms with Gasteiger partial charge in [-0.05, 0) is 30.7 Å². The Morgan fingerprint density at radius 1 is 1.18 bits per heavy atom. The smallest absolute Gasteiger partial charge is 0.137 e. The molecule has 1 aromatic heterocycles. The van der Waals surface area contributed by atoms with Crippen LogP contribution in [-0.4, -0.2) is 18.7 Å². The number of aromatic nitrogens is 1. The lowest BCUT2D eigenvalue weighted by molar-refractivity contribution is 0.310. The lowest BCUT2D eigenvalue weighted by atomic mass is 10.2. The van der Waals surface area contributed by atoms with E-state index in [-0.39, 0.29) is 0 Å². The average Bonchev–Trinajstić information content (AvgIpc) is 2.38. The van der Waals surface area contributed by atoms with Gasteiger partial charge in [-0.3, -0.25) is 4.98 Å². The van der Waals surface area contributed by atoms with Gasteiger partial charge in [0.2, 0.25) is 0 Å². The molecule has 0 aliphatic heterocycles. The molecule has 1 heterocycles. The number of benzene rings is 1. The fourth-order valence-electron chi connectivity index (χ4n) is 1.63. The molecule has 0 fully saturated rings. The van der Waals surface area contributed by atoms with Crippen LogP contribution in [0.25, 0.3) is 10.9 Å². The molecule has 90 valence electrons.